The molecular weight excluding hydrogens is 313 g/mol. The van der Waals surface area contributed by atoms with Crippen molar-refractivity contribution in [2.75, 3.05) is 32.7 Å². The quantitative estimate of drug-likeness (QED) is 0.800. The minimum atomic E-state index is -0.470. The average molecular weight is 335 g/mol. The van der Waals surface area contributed by atoms with E-state index in [1.54, 1.807) is 28.0 Å². The number of rotatable bonds is 3. The van der Waals surface area contributed by atoms with Gasteiger partial charge in [-0.05, 0) is 18.1 Å². The molecule has 0 aromatic heterocycles. The first kappa shape index (κ1) is 16.9. The van der Waals surface area contributed by atoms with Crippen LogP contribution in [-0.2, 0) is 16.0 Å². The standard InChI is InChI=1S/C17H22FN3O3/c18-14-4-2-1-3-12(14)9-16(23)20-5-7-21(8-6-20)17(24)15-10-13(22)11-19-15/h1-4,13,15,19,22H,5-11H2. The lowest BCUT2D eigenvalue weighted by atomic mass is 10.1. The first-order valence-electron chi connectivity index (χ1n) is 8.26. The van der Waals surface area contributed by atoms with E-state index in [1.165, 1.54) is 6.07 Å². The smallest absolute Gasteiger partial charge is 0.239 e. The third-order valence-corrected chi connectivity index (χ3v) is 4.65. The lowest BCUT2D eigenvalue weighted by Gasteiger charge is -2.36. The topological polar surface area (TPSA) is 72.9 Å². The fourth-order valence-electron chi connectivity index (χ4n) is 3.22. The van der Waals surface area contributed by atoms with Crippen molar-refractivity contribution in [1.82, 2.24) is 15.1 Å². The number of amides is 2. The molecule has 2 unspecified atom stereocenters. The molecule has 0 bridgehead atoms. The molecule has 2 heterocycles. The zero-order valence-electron chi connectivity index (χ0n) is 13.4. The summed E-state index contributed by atoms with van der Waals surface area (Å²) in [7, 11) is 0. The van der Waals surface area contributed by atoms with Crippen molar-refractivity contribution in [2.45, 2.75) is 25.0 Å². The van der Waals surface area contributed by atoms with E-state index in [0.29, 0.717) is 44.7 Å². The second-order valence-corrected chi connectivity index (χ2v) is 6.32. The van der Waals surface area contributed by atoms with Crippen LogP contribution in [0, 0.1) is 5.82 Å². The summed E-state index contributed by atoms with van der Waals surface area (Å²) in [6.07, 6.45) is 0.00463. The van der Waals surface area contributed by atoms with Gasteiger partial charge in [0, 0.05) is 32.7 Å². The summed E-state index contributed by atoms with van der Waals surface area (Å²) in [6, 6.07) is 5.94. The molecular formula is C17H22FN3O3. The summed E-state index contributed by atoms with van der Waals surface area (Å²) in [5.41, 5.74) is 0.394. The molecule has 1 aromatic rings. The number of carbonyl (C=O) groups excluding carboxylic acids is 2. The summed E-state index contributed by atoms with van der Waals surface area (Å²) in [5.74, 6) is -0.514. The number of hydrogen-bond donors (Lipinski definition) is 2. The average Bonchev–Trinajstić information content (AvgIpc) is 3.03. The monoisotopic (exact) mass is 335 g/mol. The number of aliphatic hydroxyl groups excluding tert-OH is 1. The van der Waals surface area contributed by atoms with Gasteiger partial charge in [-0.25, -0.2) is 4.39 Å². The third kappa shape index (κ3) is 3.73. The molecule has 7 heteroatoms. The Kier molecular flexibility index (Phi) is 5.11. The molecule has 0 aliphatic carbocycles. The summed E-state index contributed by atoms with van der Waals surface area (Å²) in [6.45, 7) is 2.28. The number of aliphatic hydroxyl groups is 1. The maximum Gasteiger partial charge on any atom is 0.239 e. The van der Waals surface area contributed by atoms with Gasteiger partial charge in [0.05, 0.1) is 18.6 Å². The van der Waals surface area contributed by atoms with Crippen LogP contribution in [-0.4, -0.2) is 71.6 Å². The van der Waals surface area contributed by atoms with Gasteiger partial charge in [-0.3, -0.25) is 9.59 Å². The molecule has 0 spiro atoms. The predicted octanol–water partition coefficient (Wildman–Crippen LogP) is -0.238. The first-order chi connectivity index (χ1) is 11.5. The molecule has 3 rings (SSSR count). The second kappa shape index (κ2) is 7.27. The Morgan fingerprint density at radius 3 is 2.46 bits per heavy atom. The Morgan fingerprint density at radius 1 is 1.17 bits per heavy atom. The van der Waals surface area contributed by atoms with E-state index >= 15 is 0 Å². The van der Waals surface area contributed by atoms with Gasteiger partial charge < -0.3 is 20.2 Å². The molecule has 2 fully saturated rings. The van der Waals surface area contributed by atoms with Crippen LogP contribution in [0.1, 0.15) is 12.0 Å². The maximum absolute atomic E-state index is 13.6. The lowest BCUT2D eigenvalue weighted by molar-refractivity contribution is -0.140. The van der Waals surface area contributed by atoms with Crippen molar-refractivity contribution in [3.63, 3.8) is 0 Å². The van der Waals surface area contributed by atoms with Crippen LogP contribution in [0.25, 0.3) is 0 Å². The normalized spacial score (nSPS) is 24.2. The summed E-state index contributed by atoms with van der Waals surface area (Å²) in [5, 5.41) is 12.5. The molecule has 2 aliphatic rings. The van der Waals surface area contributed by atoms with Crippen LogP contribution in [0.2, 0.25) is 0 Å². The number of nitrogens with zero attached hydrogens (tertiary/aromatic N) is 2. The van der Waals surface area contributed by atoms with Gasteiger partial charge >= 0.3 is 0 Å². The van der Waals surface area contributed by atoms with Gasteiger partial charge in [0.2, 0.25) is 11.8 Å². The molecule has 1 aromatic carbocycles. The number of hydrogen-bond acceptors (Lipinski definition) is 4. The molecule has 6 nitrogen and oxygen atoms in total. The van der Waals surface area contributed by atoms with Crippen LogP contribution in [0.4, 0.5) is 4.39 Å². The molecule has 130 valence electrons. The minimum Gasteiger partial charge on any atom is -0.392 e. The highest BCUT2D eigenvalue weighted by atomic mass is 19.1. The third-order valence-electron chi connectivity index (χ3n) is 4.65. The van der Waals surface area contributed by atoms with Crippen LogP contribution in [0.5, 0.6) is 0 Å². The fraction of sp³-hybridized carbons (Fsp3) is 0.529. The maximum atomic E-state index is 13.6. The Labute approximate surface area is 140 Å². The highest BCUT2D eigenvalue weighted by Gasteiger charge is 2.33. The van der Waals surface area contributed by atoms with Crippen LogP contribution >= 0.6 is 0 Å². The minimum absolute atomic E-state index is 0.0206. The Balaban J connectivity index is 1.50. The molecule has 2 N–H and O–H groups in total. The van der Waals surface area contributed by atoms with Gasteiger partial charge in [-0.2, -0.15) is 0 Å². The Morgan fingerprint density at radius 2 is 1.83 bits per heavy atom. The highest BCUT2D eigenvalue weighted by molar-refractivity contribution is 5.83. The van der Waals surface area contributed by atoms with Gasteiger partial charge in [0.1, 0.15) is 5.82 Å². The zero-order chi connectivity index (χ0) is 17.1. The number of β-amino-alcohol motifs (C(OH)–C–C–N with tert-alkyl or cyclic N) is 1. The summed E-state index contributed by atoms with van der Waals surface area (Å²) >= 11 is 0. The largest absolute Gasteiger partial charge is 0.392 e. The number of piperazine rings is 1. The van der Waals surface area contributed by atoms with Crippen LogP contribution in [0.15, 0.2) is 24.3 Å². The van der Waals surface area contributed by atoms with E-state index in [1.807, 2.05) is 0 Å². The SMILES string of the molecule is O=C(Cc1ccccc1F)N1CCN(C(=O)C2CC(O)CN2)CC1. The van der Waals surface area contributed by atoms with Crippen molar-refractivity contribution < 1.29 is 19.1 Å². The lowest BCUT2D eigenvalue weighted by Crippen LogP contribution is -2.54. The van der Waals surface area contributed by atoms with Crippen molar-refractivity contribution in [1.29, 1.82) is 0 Å². The van der Waals surface area contributed by atoms with E-state index in [4.69, 9.17) is 0 Å². The number of nitrogens with one attached hydrogen (secondary N) is 1. The van der Waals surface area contributed by atoms with Gasteiger partial charge in [-0.15, -0.1) is 0 Å². The van der Waals surface area contributed by atoms with Crippen molar-refractivity contribution >= 4 is 11.8 Å². The first-order valence-corrected chi connectivity index (χ1v) is 8.26. The summed E-state index contributed by atoms with van der Waals surface area (Å²) in [4.78, 5) is 28.1. The molecule has 2 amide bonds. The van der Waals surface area contributed by atoms with Gasteiger partial charge in [0.15, 0.2) is 0 Å². The Hall–Kier alpha value is -1.99. The number of halogens is 1. The number of carbonyl (C=O) groups is 2. The van der Waals surface area contributed by atoms with E-state index in [2.05, 4.69) is 5.32 Å². The molecule has 2 saturated heterocycles. The molecule has 0 saturated carbocycles. The molecule has 2 aliphatic heterocycles. The summed E-state index contributed by atoms with van der Waals surface area (Å²) < 4.78 is 13.6. The molecule has 2 atom stereocenters. The molecule has 0 radical (unpaired) electrons. The van der Waals surface area contributed by atoms with Crippen LogP contribution < -0.4 is 5.32 Å². The van der Waals surface area contributed by atoms with E-state index < -0.39 is 6.10 Å². The second-order valence-electron chi connectivity index (χ2n) is 6.32. The fourth-order valence-corrected chi connectivity index (χ4v) is 3.22. The van der Waals surface area contributed by atoms with Crippen LogP contribution in [0.3, 0.4) is 0 Å². The van der Waals surface area contributed by atoms with E-state index in [0.717, 1.165) is 0 Å². The predicted molar refractivity (Wildman–Crippen MR) is 85.7 cm³/mol. The van der Waals surface area contributed by atoms with Gasteiger partial charge in [0.25, 0.3) is 0 Å². The molecule has 24 heavy (non-hydrogen) atoms. The van der Waals surface area contributed by atoms with Crippen molar-refractivity contribution in [3.05, 3.63) is 35.6 Å². The van der Waals surface area contributed by atoms with Crippen molar-refractivity contribution in [2.24, 2.45) is 0 Å². The van der Waals surface area contributed by atoms with Gasteiger partial charge in [-0.1, -0.05) is 18.2 Å². The van der Waals surface area contributed by atoms with E-state index in [-0.39, 0.29) is 30.1 Å². The number of benzene rings is 1. The highest BCUT2D eigenvalue weighted by Crippen LogP contribution is 2.13. The van der Waals surface area contributed by atoms with Crippen molar-refractivity contribution in [3.8, 4) is 0 Å². The Bertz CT molecular complexity index is 617. The van der Waals surface area contributed by atoms with E-state index in [9.17, 15) is 19.1 Å². The zero-order valence-corrected chi connectivity index (χ0v) is 13.4.